The fourth-order valence-corrected chi connectivity index (χ4v) is 2.80. The van der Waals surface area contributed by atoms with E-state index in [1.54, 1.807) is 0 Å². The van der Waals surface area contributed by atoms with Crippen LogP contribution in [0.5, 0.6) is 0 Å². The van der Waals surface area contributed by atoms with Gasteiger partial charge in [0.15, 0.2) is 0 Å². The Morgan fingerprint density at radius 1 is 1.23 bits per heavy atom. The van der Waals surface area contributed by atoms with E-state index in [1.165, 1.54) is 38.5 Å². The van der Waals surface area contributed by atoms with Crippen LogP contribution in [0, 0.1) is 5.92 Å². The van der Waals surface area contributed by atoms with E-state index in [0.29, 0.717) is 0 Å². The molecule has 0 bridgehead atoms. The lowest BCUT2D eigenvalue weighted by Crippen LogP contribution is -2.38. The molecule has 2 aliphatic carbocycles. The van der Waals surface area contributed by atoms with Gasteiger partial charge in [0.1, 0.15) is 0 Å². The molecule has 0 aromatic rings. The maximum Gasteiger partial charge on any atom is 0.0139 e. The number of nitrogens with one attached hydrogen (secondary N) is 1. The normalized spacial score (nSPS) is 34.5. The van der Waals surface area contributed by atoms with Gasteiger partial charge in [0.25, 0.3) is 0 Å². The Morgan fingerprint density at radius 2 is 2.00 bits per heavy atom. The summed E-state index contributed by atoms with van der Waals surface area (Å²) in [7, 11) is 0. The van der Waals surface area contributed by atoms with Gasteiger partial charge in [-0.05, 0) is 31.6 Å². The average Bonchev–Trinajstić information content (AvgIpc) is 2.76. The van der Waals surface area contributed by atoms with Gasteiger partial charge in [0.2, 0.25) is 0 Å². The Morgan fingerprint density at radius 3 is 2.69 bits per heavy atom. The molecule has 0 amide bonds. The molecular formula is C12H21N. The van der Waals surface area contributed by atoms with Crippen molar-refractivity contribution in [3.63, 3.8) is 0 Å². The second-order valence-corrected chi connectivity index (χ2v) is 4.51. The topological polar surface area (TPSA) is 12.0 Å². The Hall–Kier alpha value is -0.300. The molecule has 0 heterocycles. The summed E-state index contributed by atoms with van der Waals surface area (Å²) in [4.78, 5) is 0. The van der Waals surface area contributed by atoms with Crippen LogP contribution in [0.2, 0.25) is 0 Å². The van der Waals surface area contributed by atoms with Crippen molar-refractivity contribution in [2.24, 2.45) is 5.92 Å². The summed E-state index contributed by atoms with van der Waals surface area (Å²) in [5.74, 6) is 0.959. The van der Waals surface area contributed by atoms with E-state index in [9.17, 15) is 0 Å². The van der Waals surface area contributed by atoms with E-state index in [0.717, 1.165) is 18.0 Å². The van der Waals surface area contributed by atoms with Crippen molar-refractivity contribution < 1.29 is 0 Å². The predicted octanol–water partition coefficient (Wildman–Crippen LogP) is 2.87. The molecule has 2 rings (SSSR count). The van der Waals surface area contributed by atoms with Gasteiger partial charge in [0, 0.05) is 12.1 Å². The van der Waals surface area contributed by atoms with Gasteiger partial charge in [-0.3, -0.25) is 0 Å². The van der Waals surface area contributed by atoms with Gasteiger partial charge >= 0.3 is 0 Å². The van der Waals surface area contributed by atoms with Gasteiger partial charge < -0.3 is 5.32 Å². The van der Waals surface area contributed by atoms with Crippen molar-refractivity contribution in [3.05, 3.63) is 12.2 Å². The molecule has 1 nitrogen and oxygen atoms in total. The number of hydrogen-bond donors (Lipinski definition) is 1. The Bertz CT molecular complexity index is 178. The molecule has 0 radical (unpaired) electrons. The lowest BCUT2D eigenvalue weighted by molar-refractivity contribution is 0.353. The van der Waals surface area contributed by atoms with Gasteiger partial charge in [-0.25, -0.2) is 0 Å². The second-order valence-electron chi connectivity index (χ2n) is 4.51. The first-order valence-corrected chi connectivity index (χ1v) is 5.81. The Kier molecular flexibility index (Phi) is 3.05. The van der Waals surface area contributed by atoms with Crippen molar-refractivity contribution in [3.8, 4) is 0 Å². The molecule has 0 spiro atoms. The summed E-state index contributed by atoms with van der Waals surface area (Å²) in [5, 5.41) is 3.82. The zero-order valence-corrected chi connectivity index (χ0v) is 8.63. The molecule has 2 unspecified atom stereocenters. The maximum absolute atomic E-state index is 3.82. The molecule has 1 heteroatoms. The molecule has 0 aliphatic heterocycles. The first-order valence-electron chi connectivity index (χ1n) is 5.81. The molecule has 74 valence electrons. The lowest BCUT2D eigenvalue weighted by atomic mass is 9.99. The third-order valence-corrected chi connectivity index (χ3v) is 3.64. The SMILES string of the molecule is CCC1CCCC1NC1CC=CC1. The van der Waals surface area contributed by atoms with Crippen LogP contribution >= 0.6 is 0 Å². The van der Waals surface area contributed by atoms with Gasteiger partial charge in [-0.1, -0.05) is 31.9 Å². The summed E-state index contributed by atoms with van der Waals surface area (Å²) >= 11 is 0. The van der Waals surface area contributed by atoms with Crippen LogP contribution in [-0.4, -0.2) is 12.1 Å². The highest BCUT2D eigenvalue weighted by Gasteiger charge is 2.27. The highest BCUT2D eigenvalue weighted by molar-refractivity contribution is 4.99. The minimum absolute atomic E-state index is 0.761. The number of rotatable bonds is 3. The highest BCUT2D eigenvalue weighted by Crippen LogP contribution is 2.29. The number of hydrogen-bond acceptors (Lipinski definition) is 1. The van der Waals surface area contributed by atoms with Gasteiger partial charge in [0.05, 0.1) is 0 Å². The van der Waals surface area contributed by atoms with Crippen LogP contribution < -0.4 is 5.32 Å². The predicted molar refractivity (Wildman–Crippen MR) is 56.7 cm³/mol. The van der Waals surface area contributed by atoms with E-state index >= 15 is 0 Å². The van der Waals surface area contributed by atoms with E-state index in [1.807, 2.05) is 0 Å². The minimum Gasteiger partial charge on any atom is -0.310 e. The summed E-state index contributed by atoms with van der Waals surface area (Å²) in [5.41, 5.74) is 0. The van der Waals surface area contributed by atoms with Crippen LogP contribution in [0.4, 0.5) is 0 Å². The van der Waals surface area contributed by atoms with Crippen molar-refractivity contribution in [1.29, 1.82) is 0 Å². The van der Waals surface area contributed by atoms with Crippen molar-refractivity contribution in [2.75, 3.05) is 0 Å². The zero-order valence-electron chi connectivity index (χ0n) is 8.63. The smallest absolute Gasteiger partial charge is 0.0139 e. The van der Waals surface area contributed by atoms with Crippen LogP contribution in [0.25, 0.3) is 0 Å². The third kappa shape index (κ3) is 2.14. The largest absolute Gasteiger partial charge is 0.310 e. The summed E-state index contributed by atoms with van der Waals surface area (Å²) in [6.07, 6.45) is 12.8. The summed E-state index contributed by atoms with van der Waals surface area (Å²) < 4.78 is 0. The second kappa shape index (κ2) is 4.28. The quantitative estimate of drug-likeness (QED) is 0.657. The van der Waals surface area contributed by atoms with Crippen LogP contribution in [0.1, 0.15) is 45.4 Å². The fourth-order valence-electron chi connectivity index (χ4n) is 2.80. The first-order chi connectivity index (χ1) is 6.40. The van der Waals surface area contributed by atoms with Crippen LogP contribution in [-0.2, 0) is 0 Å². The van der Waals surface area contributed by atoms with E-state index in [2.05, 4.69) is 24.4 Å². The molecule has 0 aromatic heterocycles. The molecule has 1 saturated carbocycles. The van der Waals surface area contributed by atoms with Crippen molar-refractivity contribution >= 4 is 0 Å². The van der Waals surface area contributed by atoms with Crippen LogP contribution in [0.3, 0.4) is 0 Å². The summed E-state index contributed by atoms with van der Waals surface area (Å²) in [6.45, 7) is 2.33. The van der Waals surface area contributed by atoms with E-state index in [4.69, 9.17) is 0 Å². The maximum atomic E-state index is 3.82. The molecule has 13 heavy (non-hydrogen) atoms. The lowest BCUT2D eigenvalue weighted by Gasteiger charge is -2.23. The highest BCUT2D eigenvalue weighted by atomic mass is 15.0. The Labute approximate surface area is 81.6 Å². The fraction of sp³-hybridized carbons (Fsp3) is 0.833. The molecule has 2 aliphatic rings. The summed E-state index contributed by atoms with van der Waals surface area (Å²) in [6, 6.07) is 1.59. The third-order valence-electron chi connectivity index (χ3n) is 3.64. The molecule has 0 aromatic carbocycles. The molecule has 2 atom stereocenters. The van der Waals surface area contributed by atoms with E-state index < -0.39 is 0 Å². The monoisotopic (exact) mass is 179 g/mol. The minimum atomic E-state index is 0.761. The molecule has 0 saturated heterocycles. The molecule has 1 N–H and O–H groups in total. The molecular weight excluding hydrogens is 158 g/mol. The zero-order chi connectivity index (χ0) is 9.10. The van der Waals surface area contributed by atoms with Crippen LogP contribution in [0.15, 0.2) is 12.2 Å². The van der Waals surface area contributed by atoms with E-state index in [-0.39, 0.29) is 0 Å². The first kappa shape index (κ1) is 9.26. The van der Waals surface area contributed by atoms with Gasteiger partial charge in [-0.2, -0.15) is 0 Å². The average molecular weight is 179 g/mol. The van der Waals surface area contributed by atoms with Crippen molar-refractivity contribution in [1.82, 2.24) is 5.32 Å². The van der Waals surface area contributed by atoms with Gasteiger partial charge in [-0.15, -0.1) is 0 Å². The molecule has 1 fully saturated rings. The van der Waals surface area contributed by atoms with Crippen molar-refractivity contribution in [2.45, 2.75) is 57.5 Å². The standard InChI is InChI=1S/C12H21N/c1-2-10-6-5-9-12(10)13-11-7-3-4-8-11/h3-4,10-13H,2,5-9H2,1H3. The Balaban J connectivity index is 1.79.